The predicted molar refractivity (Wildman–Crippen MR) is 79.2 cm³/mol. The number of aliphatic hydroxyl groups is 1. The maximum absolute atomic E-state index is 9.75. The first kappa shape index (κ1) is 15.1. The lowest BCUT2D eigenvalue weighted by molar-refractivity contribution is -0.0729. The molecule has 0 saturated heterocycles. The summed E-state index contributed by atoms with van der Waals surface area (Å²) in [5.74, 6) is 1.54. The summed E-state index contributed by atoms with van der Waals surface area (Å²) < 4.78 is 10.9. The highest BCUT2D eigenvalue weighted by atomic mass is 16.5. The Morgan fingerprint density at radius 3 is 2.65 bits per heavy atom. The van der Waals surface area contributed by atoms with E-state index in [4.69, 9.17) is 9.47 Å². The van der Waals surface area contributed by atoms with Crippen LogP contribution in [0, 0.1) is 5.41 Å². The quantitative estimate of drug-likeness (QED) is 0.839. The van der Waals surface area contributed by atoms with E-state index in [9.17, 15) is 5.11 Å². The number of benzene rings is 1. The normalized spacial score (nSPS) is 24.1. The van der Waals surface area contributed by atoms with Crippen LogP contribution in [0.25, 0.3) is 0 Å². The van der Waals surface area contributed by atoms with Gasteiger partial charge in [0.15, 0.2) is 11.5 Å². The number of hydrogen-bond acceptors (Lipinski definition) is 4. The summed E-state index contributed by atoms with van der Waals surface area (Å²) in [7, 11) is 1.65. The fourth-order valence-electron chi connectivity index (χ4n) is 2.59. The third-order valence-corrected chi connectivity index (χ3v) is 4.30. The van der Waals surface area contributed by atoms with Gasteiger partial charge in [0.1, 0.15) is 0 Å². The van der Waals surface area contributed by atoms with Crippen LogP contribution in [0.15, 0.2) is 18.2 Å². The molecule has 4 heteroatoms. The third kappa shape index (κ3) is 2.91. The van der Waals surface area contributed by atoms with E-state index in [1.54, 1.807) is 7.11 Å². The molecule has 2 rings (SSSR count). The molecule has 1 aromatic carbocycles. The molecule has 0 heterocycles. The van der Waals surface area contributed by atoms with Gasteiger partial charge < -0.3 is 19.9 Å². The zero-order valence-electron chi connectivity index (χ0n) is 12.8. The first-order valence-corrected chi connectivity index (χ1v) is 7.20. The second-order valence-electron chi connectivity index (χ2n) is 5.92. The number of methoxy groups -OCH3 is 1. The molecule has 0 aliphatic heterocycles. The Morgan fingerprint density at radius 1 is 1.35 bits per heavy atom. The predicted octanol–water partition coefficient (Wildman–Crippen LogP) is 2.34. The van der Waals surface area contributed by atoms with Crippen molar-refractivity contribution < 1.29 is 14.6 Å². The molecule has 0 radical (unpaired) electrons. The molecular weight excluding hydrogens is 254 g/mol. The highest BCUT2D eigenvalue weighted by molar-refractivity contribution is 5.43. The van der Waals surface area contributed by atoms with E-state index in [-0.39, 0.29) is 11.5 Å². The van der Waals surface area contributed by atoms with Gasteiger partial charge in [-0.2, -0.15) is 0 Å². The number of hydrogen-bond donors (Lipinski definition) is 2. The zero-order valence-corrected chi connectivity index (χ0v) is 12.8. The van der Waals surface area contributed by atoms with Crippen LogP contribution in [-0.4, -0.2) is 31.0 Å². The molecular formula is C16H25NO3. The molecule has 2 N–H and O–H groups in total. The van der Waals surface area contributed by atoms with Gasteiger partial charge in [0.2, 0.25) is 0 Å². The average Bonchev–Trinajstić information content (AvgIpc) is 2.44. The molecule has 1 aliphatic rings. The van der Waals surface area contributed by atoms with E-state index < -0.39 is 0 Å². The molecule has 2 atom stereocenters. The number of nitrogens with one attached hydrogen (secondary N) is 1. The molecule has 20 heavy (non-hydrogen) atoms. The van der Waals surface area contributed by atoms with Crippen molar-refractivity contribution >= 4 is 0 Å². The van der Waals surface area contributed by atoms with Crippen molar-refractivity contribution in [3.63, 3.8) is 0 Å². The Labute approximate surface area is 121 Å². The standard InChI is InChI=1S/C16H25NO3/c1-5-20-13-8-11(6-7-12(13)19-4)10-17-14-9-15(18)16(14,2)3/h6-8,14-15,17-18H,5,9-10H2,1-4H3. The summed E-state index contributed by atoms with van der Waals surface area (Å²) in [5.41, 5.74) is 1.11. The lowest BCUT2D eigenvalue weighted by Gasteiger charge is -2.49. The largest absolute Gasteiger partial charge is 0.493 e. The Morgan fingerprint density at radius 2 is 2.10 bits per heavy atom. The molecule has 1 aromatic rings. The number of ether oxygens (including phenoxy) is 2. The third-order valence-electron chi connectivity index (χ3n) is 4.30. The van der Waals surface area contributed by atoms with Crippen molar-refractivity contribution in [2.75, 3.05) is 13.7 Å². The minimum absolute atomic E-state index is 0.0464. The molecule has 0 aromatic heterocycles. The fraction of sp³-hybridized carbons (Fsp3) is 0.625. The van der Waals surface area contributed by atoms with Crippen molar-refractivity contribution in [2.24, 2.45) is 5.41 Å². The Hall–Kier alpha value is -1.26. The van der Waals surface area contributed by atoms with Crippen LogP contribution in [0.2, 0.25) is 0 Å². The molecule has 0 spiro atoms. The minimum Gasteiger partial charge on any atom is -0.493 e. The van der Waals surface area contributed by atoms with Gasteiger partial charge in [-0.25, -0.2) is 0 Å². The van der Waals surface area contributed by atoms with Gasteiger partial charge in [-0.05, 0) is 31.0 Å². The maximum Gasteiger partial charge on any atom is 0.161 e. The summed E-state index contributed by atoms with van der Waals surface area (Å²) >= 11 is 0. The van der Waals surface area contributed by atoms with Crippen LogP contribution in [0.5, 0.6) is 11.5 Å². The molecule has 1 aliphatic carbocycles. The monoisotopic (exact) mass is 279 g/mol. The first-order valence-electron chi connectivity index (χ1n) is 7.20. The van der Waals surface area contributed by atoms with Crippen molar-refractivity contribution in [1.29, 1.82) is 0 Å². The van der Waals surface area contributed by atoms with Crippen LogP contribution >= 0.6 is 0 Å². The number of aliphatic hydroxyl groups excluding tert-OH is 1. The Kier molecular flexibility index (Phi) is 4.55. The van der Waals surface area contributed by atoms with Gasteiger partial charge in [0.25, 0.3) is 0 Å². The summed E-state index contributed by atoms with van der Waals surface area (Å²) in [5, 5.41) is 13.3. The smallest absolute Gasteiger partial charge is 0.161 e. The number of rotatable bonds is 6. The van der Waals surface area contributed by atoms with Crippen LogP contribution in [0.3, 0.4) is 0 Å². The molecule has 112 valence electrons. The minimum atomic E-state index is -0.199. The van der Waals surface area contributed by atoms with Crippen molar-refractivity contribution in [3.05, 3.63) is 23.8 Å². The van der Waals surface area contributed by atoms with Crippen molar-refractivity contribution in [2.45, 2.75) is 45.9 Å². The van der Waals surface area contributed by atoms with Gasteiger partial charge in [0.05, 0.1) is 19.8 Å². The van der Waals surface area contributed by atoms with Crippen molar-refractivity contribution in [1.82, 2.24) is 5.32 Å². The van der Waals surface area contributed by atoms with Gasteiger partial charge in [0, 0.05) is 18.0 Å². The first-order chi connectivity index (χ1) is 9.48. The summed E-state index contributed by atoms with van der Waals surface area (Å²) in [4.78, 5) is 0. The fourth-order valence-corrected chi connectivity index (χ4v) is 2.59. The Bertz CT molecular complexity index is 459. The summed E-state index contributed by atoms with van der Waals surface area (Å²) in [6, 6.07) is 6.34. The molecule has 0 bridgehead atoms. The van der Waals surface area contributed by atoms with E-state index in [1.165, 1.54) is 0 Å². The van der Waals surface area contributed by atoms with E-state index in [2.05, 4.69) is 19.2 Å². The van der Waals surface area contributed by atoms with Gasteiger partial charge in [-0.3, -0.25) is 0 Å². The van der Waals surface area contributed by atoms with E-state index in [1.807, 2.05) is 25.1 Å². The average molecular weight is 279 g/mol. The summed E-state index contributed by atoms with van der Waals surface area (Å²) in [6.45, 7) is 7.54. The van der Waals surface area contributed by atoms with E-state index >= 15 is 0 Å². The van der Waals surface area contributed by atoms with Crippen molar-refractivity contribution in [3.8, 4) is 11.5 Å². The van der Waals surface area contributed by atoms with Gasteiger partial charge >= 0.3 is 0 Å². The Balaban J connectivity index is 1.98. The molecule has 4 nitrogen and oxygen atoms in total. The SMILES string of the molecule is CCOc1cc(CNC2CC(O)C2(C)C)ccc1OC. The van der Waals surface area contributed by atoms with Gasteiger partial charge in [-0.15, -0.1) is 0 Å². The molecule has 0 amide bonds. The lowest BCUT2D eigenvalue weighted by Crippen LogP contribution is -2.59. The van der Waals surface area contributed by atoms with Crippen LogP contribution < -0.4 is 14.8 Å². The lowest BCUT2D eigenvalue weighted by atomic mass is 9.64. The molecule has 1 saturated carbocycles. The highest BCUT2D eigenvalue weighted by Crippen LogP contribution is 2.40. The van der Waals surface area contributed by atoms with Gasteiger partial charge in [-0.1, -0.05) is 19.9 Å². The maximum atomic E-state index is 9.75. The van der Waals surface area contributed by atoms with E-state index in [0.717, 1.165) is 30.0 Å². The van der Waals surface area contributed by atoms with E-state index in [0.29, 0.717) is 12.6 Å². The summed E-state index contributed by atoms with van der Waals surface area (Å²) in [6.07, 6.45) is 0.622. The second kappa shape index (κ2) is 6.02. The molecule has 1 fully saturated rings. The van der Waals surface area contributed by atoms with Crippen LogP contribution in [-0.2, 0) is 6.54 Å². The van der Waals surface area contributed by atoms with Crippen LogP contribution in [0.1, 0.15) is 32.8 Å². The zero-order chi connectivity index (χ0) is 14.8. The van der Waals surface area contributed by atoms with Crippen LogP contribution in [0.4, 0.5) is 0 Å². The highest BCUT2D eigenvalue weighted by Gasteiger charge is 2.46. The topological polar surface area (TPSA) is 50.7 Å². The second-order valence-corrected chi connectivity index (χ2v) is 5.92. The molecule has 2 unspecified atom stereocenters.